The molecule has 0 saturated heterocycles. The molecule has 0 saturated carbocycles. The highest BCUT2D eigenvalue weighted by Crippen LogP contribution is 2.35. The van der Waals surface area contributed by atoms with Crippen LogP contribution in [-0.2, 0) is 0 Å². The molecule has 0 atom stereocenters. The molecule has 0 bridgehead atoms. The number of aromatic nitrogens is 4. The summed E-state index contributed by atoms with van der Waals surface area (Å²) in [4.78, 5) is 27.8. The van der Waals surface area contributed by atoms with Crippen LogP contribution in [-0.4, -0.2) is 19.4 Å². The van der Waals surface area contributed by atoms with Crippen LogP contribution in [0.2, 0.25) is 5.02 Å². The van der Waals surface area contributed by atoms with Gasteiger partial charge in [0.05, 0.1) is 22.0 Å². The number of benzene rings is 3. The molecular formula is C27H15Br2ClN4O. The third-order valence-corrected chi connectivity index (χ3v) is 7.28. The molecule has 0 spiro atoms. The Morgan fingerprint density at radius 2 is 1.57 bits per heavy atom. The third-order valence-electron chi connectivity index (χ3n) is 5.94. The minimum Gasteiger partial charge on any atom is -0.268 e. The standard InChI is InChI=1S/C27H15Br2ClN4O/c1-14-2-4-16(5-3-14)21-12-19(15-6-8-18(30)9-7-15)23-25(32-21)31-13-34-26(23)33-22-11-17(28)10-20(29)24(22)27(34)35/h2-13H,1H3. The Hall–Kier alpha value is -3.13. The SMILES string of the molecule is Cc1ccc(-c2cc(-c3ccc(Cl)cc3)c3c(ncn4c(=O)c5c(Br)cc(Br)cc5nc34)n2)cc1. The molecule has 3 aromatic carbocycles. The van der Waals surface area contributed by atoms with Gasteiger partial charge in [-0.25, -0.2) is 19.4 Å². The Bertz CT molecular complexity index is 1850. The van der Waals surface area contributed by atoms with Gasteiger partial charge in [-0.15, -0.1) is 0 Å². The van der Waals surface area contributed by atoms with E-state index < -0.39 is 0 Å². The summed E-state index contributed by atoms with van der Waals surface area (Å²) >= 11 is 13.2. The number of rotatable bonds is 2. The van der Waals surface area contributed by atoms with Gasteiger partial charge in [-0.3, -0.25) is 4.79 Å². The van der Waals surface area contributed by atoms with Gasteiger partial charge in [0.1, 0.15) is 6.33 Å². The van der Waals surface area contributed by atoms with Crippen LogP contribution in [0.1, 0.15) is 5.56 Å². The first-order valence-electron chi connectivity index (χ1n) is 10.7. The number of hydrogen-bond donors (Lipinski definition) is 0. The summed E-state index contributed by atoms with van der Waals surface area (Å²) in [5, 5.41) is 1.83. The lowest BCUT2D eigenvalue weighted by atomic mass is 9.99. The summed E-state index contributed by atoms with van der Waals surface area (Å²) in [6, 6.07) is 21.5. The number of nitrogens with zero attached hydrogens (tertiary/aromatic N) is 4. The Balaban J connectivity index is 1.77. The molecule has 6 aromatic rings. The first-order chi connectivity index (χ1) is 16.9. The number of halogens is 3. The smallest absolute Gasteiger partial charge is 0.268 e. The Morgan fingerprint density at radius 3 is 2.31 bits per heavy atom. The zero-order valence-electron chi connectivity index (χ0n) is 18.3. The molecule has 5 nitrogen and oxygen atoms in total. The van der Waals surface area contributed by atoms with E-state index in [0.717, 1.165) is 26.9 Å². The molecule has 35 heavy (non-hydrogen) atoms. The van der Waals surface area contributed by atoms with Crippen LogP contribution in [0.5, 0.6) is 0 Å². The van der Waals surface area contributed by atoms with E-state index in [1.807, 2.05) is 54.6 Å². The molecule has 0 aliphatic carbocycles. The van der Waals surface area contributed by atoms with E-state index in [4.69, 9.17) is 21.6 Å². The van der Waals surface area contributed by atoms with Crippen molar-refractivity contribution in [3.05, 3.63) is 103 Å². The fourth-order valence-corrected chi connectivity index (χ4v) is 5.71. The summed E-state index contributed by atoms with van der Waals surface area (Å²) < 4.78 is 2.97. The van der Waals surface area contributed by atoms with E-state index in [9.17, 15) is 4.79 Å². The lowest BCUT2D eigenvalue weighted by Crippen LogP contribution is -2.17. The average molecular weight is 607 g/mol. The minimum atomic E-state index is -0.205. The molecule has 3 aromatic heterocycles. The maximum Gasteiger partial charge on any atom is 0.268 e. The number of aryl methyl sites for hydroxylation is 1. The highest BCUT2D eigenvalue weighted by molar-refractivity contribution is 9.11. The molecule has 6 rings (SSSR count). The van der Waals surface area contributed by atoms with Crippen LogP contribution < -0.4 is 5.56 Å². The van der Waals surface area contributed by atoms with Crippen molar-refractivity contribution in [3.8, 4) is 22.4 Å². The van der Waals surface area contributed by atoms with E-state index in [1.54, 1.807) is 0 Å². The van der Waals surface area contributed by atoms with Gasteiger partial charge >= 0.3 is 0 Å². The monoisotopic (exact) mass is 604 g/mol. The van der Waals surface area contributed by atoms with Gasteiger partial charge in [-0.2, -0.15) is 0 Å². The fourth-order valence-electron chi connectivity index (χ4n) is 4.22. The van der Waals surface area contributed by atoms with E-state index in [-0.39, 0.29) is 5.56 Å². The predicted molar refractivity (Wildman–Crippen MR) is 148 cm³/mol. The molecule has 0 radical (unpaired) electrons. The molecule has 170 valence electrons. The van der Waals surface area contributed by atoms with Crippen molar-refractivity contribution in [1.29, 1.82) is 0 Å². The normalized spacial score (nSPS) is 11.5. The molecular weight excluding hydrogens is 592 g/mol. The summed E-state index contributed by atoms with van der Waals surface area (Å²) in [6.07, 6.45) is 1.50. The number of hydrogen-bond acceptors (Lipinski definition) is 4. The third kappa shape index (κ3) is 3.84. The van der Waals surface area contributed by atoms with Crippen LogP contribution in [0.25, 0.3) is 50.0 Å². The van der Waals surface area contributed by atoms with E-state index in [0.29, 0.717) is 37.1 Å². The van der Waals surface area contributed by atoms with Crippen molar-refractivity contribution in [3.63, 3.8) is 0 Å². The lowest BCUT2D eigenvalue weighted by molar-refractivity contribution is 1.03. The molecule has 0 amide bonds. The van der Waals surface area contributed by atoms with Gasteiger partial charge < -0.3 is 0 Å². The minimum absolute atomic E-state index is 0.205. The summed E-state index contributed by atoms with van der Waals surface area (Å²) in [5.74, 6) is 0. The largest absolute Gasteiger partial charge is 0.268 e. The second-order valence-corrected chi connectivity index (χ2v) is 10.5. The maximum absolute atomic E-state index is 13.5. The summed E-state index contributed by atoms with van der Waals surface area (Å²) in [6.45, 7) is 2.05. The molecule has 0 fully saturated rings. The average Bonchev–Trinajstić information content (AvgIpc) is 2.83. The Labute approximate surface area is 221 Å². The first-order valence-corrected chi connectivity index (χ1v) is 12.7. The predicted octanol–water partition coefficient (Wildman–Crippen LogP) is 7.61. The van der Waals surface area contributed by atoms with Gasteiger partial charge in [-0.05, 0) is 64.3 Å². The van der Waals surface area contributed by atoms with E-state index in [2.05, 4.69) is 55.9 Å². The summed E-state index contributed by atoms with van der Waals surface area (Å²) in [7, 11) is 0. The fraction of sp³-hybridized carbons (Fsp3) is 0.0370. The maximum atomic E-state index is 13.5. The van der Waals surface area contributed by atoms with E-state index >= 15 is 0 Å². The van der Waals surface area contributed by atoms with Crippen LogP contribution in [0, 0.1) is 6.92 Å². The van der Waals surface area contributed by atoms with Crippen molar-refractivity contribution in [2.24, 2.45) is 0 Å². The molecule has 3 heterocycles. The number of fused-ring (bicyclic) bond motifs is 4. The van der Waals surface area contributed by atoms with Crippen molar-refractivity contribution in [2.75, 3.05) is 0 Å². The molecule has 0 unspecified atom stereocenters. The van der Waals surface area contributed by atoms with Crippen LogP contribution >= 0.6 is 43.5 Å². The van der Waals surface area contributed by atoms with Crippen molar-refractivity contribution >= 4 is 71.0 Å². The zero-order chi connectivity index (χ0) is 24.3. The molecule has 0 N–H and O–H groups in total. The molecule has 0 aliphatic heterocycles. The lowest BCUT2D eigenvalue weighted by Gasteiger charge is -2.13. The topological polar surface area (TPSA) is 60.2 Å². The van der Waals surface area contributed by atoms with Crippen molar-refractivity contribution in [2.45, 2.75) is 6.92 Å². The number of pyridine rings is 1. The van der Waals surface area contributed by atoms with Crippen molar-refractivity contribution in [1.82, 2.24) is 19.4 Å². The van der Waals surface area contributed by atoms with Gasteiger partial charge in [-0.1, -0.05) is 69.5 Å². The highest BCUT2D eigenvalue weighted by Gasteiger charge is 2.18. The van der Waals surface area contributed by atoms with Gasteiger partial charge in [0.2, 0.25) is 0 Å². The molecule has 0 aliphatic rings. The van der Waals surface area contributed by atoms with Crippen LogP contribution in [0.15, 0.2) is 86.8 Å². The van der Waals surface area contributed by atoms with Crippen LogP contribution in [0.4, 0.5) is 0 Å². The van der Waals surface area contributed by atoms with Gasteiger partial charge in [0, 0.05) is 19.5 Å². The Kier molecular flexibility index (Phi) is 5.44. The van der Waals surface area contributed by atoms with Gasteiger partial charge in [0.25, 0.3) is 5.56 Å². The summed E-state index contributed by atoms with van der Waals surface area (Å²) in [5.41, 5.74) is 6.10. The van der Waals surface area contributed by atoms with Crippen molar-refractivity contribution < 1.29 is 0 Å². The zero-order valence-corrected chi connectivity index (χ0v) is 22.2. The quantitative estimate of drug-likeness (QED) is 0.150. The van der Waals surface area contributed by atoms with Gasteiger partial charge in [0.15, 0.2) is 11.3 Å². The Morgan fingerprint density at radius 1 is 0.857 bits per heavy atom. The molecule has 8 heteroatoms. The van der Waals surface area contributed by atoms with Crippen LogP contribution in [0.3, 0.4) is 0 Å². The second kappa shape index (κ2) is 8.52. The first kappa shape index (κ1) is 22.3. The highest BCUT2D eigenvalue weighted by atomic mass is 79.9. The second-order valence-electron chi connectivity index (χ2n) is 8.26. The van der Waals surface area contributed by atoms with E-state index in [1.165, 1.54) is 16.3 Å².